The first-order valence-corrected chi connectivity index (χ1v) is 8.70. The second-order valence-corrected chi connectivity index (χ2v) is 6.93. The number of carbonyl (C=O) groups is 1. The fourth-order valence-corrected chi connectivity index (χ4v) is 2.89. The van der Waals surface area contributed by atoms with Crippen molar-refractivity contribution in [2.24, 2.45) is 11.7 Å². The highest BCUT2D eigenvalue weighted by atomic mass is 79.9. The van der Waals surface area contributed by atoms with E-state index in [1.807, 2.05) is 13.0 Å². The van der Waals surface area contributed by atoms with E-state index in [0.29, 0.717) is 34.9 Å². The van der Waals surface area contributed by atoms with Crippen molar-refractivity contribution in [3.63, 3.8) is 0 Å². The van der Waals surface area contributed by atoms with Crippen molar-refractivity contribution in [2.45, 2.75) is 32.4 Å². The van der Waals surface area contributed by atoms with Gasteiger partial charge in [-0.05, 0) is 59.8 Å². The number of aryl methyl sites for hydroxylation is 1. The molecule has 2 aromatic rings. The molecule has 1 amide bonds. The number of halogens is 2. The molecule has 0 aliphatic heterocycles. The number of aromatic nitrogens is 1. The number of nitrogens with one attached hydrogen (secondary N) is 1. The lowest BCUT2D eigenvalue weighted by Crippen LogP contribution is -2.38. The number of hydrogen-bond donors (Lipinski definition) is 2. The molecule has 25 heavy (non-hydrogen) atoms. The molecule has 8 heteroatoms. The van der Waals surface area contributed by atoms with E-state index in [9.17, 15) is 4.79 Å². The van der Waals surface area contributed by atoms with Crippen LogP contribution in [0.5, 0.6) is 5.75 Å². The van der Waals surface area contributed by atoms with Gasteiger partial charge in [0.25, 0.3) is 5.91 Å². The molecular weight excluding hydrogens is 410 g/mol. The van der Waals surface area contributed by atoms with E-state index in [-0.39, 0.29) is 24.4 Å². The molecule has 136 valence electrons. The molecule has 3 rings (SSSR count). The first-order valence-electron chi connectivity index (χ1n) is 7.91. The number of rotatable bonds is 7. The van der Waals surface area contributed by atoms with Crippen LogP contribution in [0.1, 0.15) is 34.7 Å². The van der Waals surface area contributed by atoms with E-state index in [1.165, 1.54) is 12.8 Å². The minimum Gasteiger partial charge on any atom is -0.486 e. The summed E-state index contributed by atoms with van der Waals surface area (Å²) in [5.74, 6) is 1.81. The maximum absolute atomic E-state index is 12.2. The van der Waals surface area contributed by atoms with Crippen molar-refractivity contribution in [3.05, 3.63) is 45.8 Å². The molecule has 1 saturated carbocycles. The molecule has 1 aromatic carbocycles. The molecule has 1 unspecified atom stereocenters. The van der Waals surface area contributed by atoms with Crippen molar-refractivity contribution in [1.29, 1.82) is 0 Å². The Morgan fingerprint density at radius 2 is 2.24 bits per heavy atom. The highest BCUT2D eigenvalue weighted by Crippen LogP contribution is 2.31. The molecule has 1 atom stereocenters. The van der Waals surface area contributed by atoms with Crippen LogP contribution < -0.4 is 15.8 Å². The molecule has 1 aliphatic carbocycles. The highest BCUT2D eigenvalue weighted by Gasteiger charge is 2.28. The third-order valence-corrected chi connectivity index (χ3v) is 4.59. The summed E-state index contributed by atoms with van der Waals surface area (Å²) < 4.78 is 11.4. The van der Waals surface area contributed by atoms with Gasteiger partial charge < -0.3 is 20.3 Å². The monoisotopic (exact) mass is 429 g/mol. The lowest BCUT2D eigenvalue weighted by Gasteiger charge is -2.12. The van der Waals surface area contributed by atoms with Gasteiger partial charge in [-0.15, -0.1) is 12.4 Å². The van der Waals surface area contributed by atoms with E-state index in [4.69, 9.17) is 15.0 Å². The van der Waals surface area contributed by atoms with Crippen LogP contribution in [0.2, 0.25) is 0 Å². The van der Waals surface area contributed by atoms with Gasteiger partial charge in [-0.1, -0.05) is 5.16 Å². The van der Waals surface area contributed by atoms with Crippen LogP contribution in [0, 0.1) is 12.8 Å². The number of carbonyl (C=O) groups excluding carboxylic acids is 1. The Balaban J connectivity index is 0.00000225. The predicted octanol–water partition coefficient (Wildman–Crippen LogP) is 3.21. The van der Waals surface area contributed by atoms with Crippen LogP contribution in [-0.4, -0.2) is 23.7 Å². The summed E-state index contributed by atoms with van der Waals surface area (Å²) in [4.78, 5) is 12.2. The maximum Gasteiger partial charge on any atom is 0.251 e. The van der Waals surface area contributed by atoms with Crippen LogP contribution in [0.4, 0.5) is 0 Å². The molecule has 0 radical (unpaired) electrons. The molecule has 0 bridgehead atoms. The third-order valence-electron chi connectivity index (χ3n) is 3.97. The molecule has 0 spiro atoms. The molecule has 1 aliphatic rings. The molecule has 1 fully saturated rings. The van der Waals surface area contributed by atoms with Gasteiger partial charge >= 0.3 is 0 Å². The van der Waals surface area contributed by atoms with Crippen LogP contribution in [0.25, 0.3) is 0 Å². The quantitative estimate of drug-likeness (QED) is 0.704. The van der Waals surface area contributed by atoms with Gasteiger partial charge in [0.05, 0.1) is 4.47 Å². The van der Waals surface area contributed by atoms with Crippen LogP contribution in [-0.2, 0) is 6.61 Å². The van der Waals surface area contributed by atoms with Crippen LogP contribution in [0.15, 0.2) is 33.3 Å². The Kier molecular flexibility index (Phi) is 6.87. The Labute approximate surface area is 161 Å². The maximum atomic E-state index is 12.2. The topological polar surface area (TPSA) is 90.4 Å². The number of hydrogen-bond acceptors (Lipinski definition) is 5. The number of benzene rings is 1. The standard InChI is InChI=1S/C17H20BrN3O3.ClH/c1-10-6-13(21-24-10)9-23-16-5-4-12(7-14(16)18)17(22)20-8-15(19)11-2-3-11;/h4-7,11,15H,2-3,8-9,19H2,1H3,(H,20,22);1H. The summed E-state index contributed by atoms with van der Waals surface area (Å²) in [7, 11) is 0. The van der Waals surface area contributed by atoms with Gasteiger partial charge in [0.2, 0.25) is 0 Å². The minimum absolute atomic E-state index is 0. The van der Waals surface area contributed by atoms with Gasteiger partial charge in [-0.2, -0.15) is 0 Å². The summed E-state index contributed by atoms with van der Waals surface area (Å²) in [6, 6.07) is 7.09. The fourth-order valence-electron chi connectivity index (χ4n) is 2.40. The van der Waals surface area contributed by atoms with Crippen molar-refractivity contribution in [2.75, 3.05) is 6.54 Å². The van der Waals surface area contributed by atoms with Crippen molar-refractivity contribution >= 4 is 34.2 Å². The van der Waals surface area contributed by atoms with Crippen LogP contribution >= 0.6 is 28.3 Å². The SMILES string of the molecule is Cc1cc(COc2ccc(C(=O)NCC(N)C3CC3)cc2Br)no1.Cl. The average Bonchev–Trinajstić information content (AvgIpc) is 3.33. The Morgan fingerprint density at radius 3 is 2.84 bits per heavy atom. The molecule has 1 heterocycles. The molecule has 3 N–H and O–H groups in total. The number of nitrogens with two attached hydrogens (primary N) is 1. The van der Waals surface area contributed by atoms with E-state index >= 15 is 0 Å². The second-order valence-electron chi connectivity index (χ2n) is 6.07. The molecule has 0 saturated heterocycles. The Hall–Kier alpha value is -1.57. The summed E-state index contributed by atoms with van der Waals surface area (Å²) in [5.41, 5.74) is 7.28. The third kappa shape index (κ3) is 5.45. The summed E-state index contributed by atoms with van der Waals surface area (Å²) in [6.07, 6.45) is 2.33. The van der Waals surface area contributed by atoms with E-state index in [1.54, 1.807) is 18.2 Å². The van der Waals surface area contributed by atoms with E-state index < -0.39 is 0 Å². The zero-order chi connectivity index (χ0) is 17.1. The zero-order valence-electron chi connectivity index (χ0n) is 13.8. The lowest BCUT2D eigenvalue weighted by atomic mass is 10.1. The summed E-state index contributed by atoms with van der Waals surface area (Å²) >= 11 is 3.43. The Bertz CT molecular complexity index is 734. The predicted molar refractivity (Wildman–Crippen MR) is 100.0 cm³/mol. The molecular formula is C17H21BrClN3O3. The first kappa shape index (κ1) is 19.8. The zero-order valence-corrected chi connectivity index (χ0v) is 16.2. The van der Waals surface area contributed by atoms with Crippen molar-refractivity contribution < 1.29 is 14.1 Å². The van der Waals surface area contributed by atoms with E-state index in [0.717, 1.165) is 11.5 Å². The Morgan fingerprint density at radius 1 is 1.48 bits per heavy atom. The van der Waals surface area contributed by atoms with Gasteiger partial charge in [0.15, 0.2) is 0 Å². The fraction of sp³-hybridized carbons (Fsp3) is 0.412. The van der Waals surface area contributed by atoms with E-state index in [2.05, 4.69) is 26.4 Å². The normalized spacial score (nSPS) is 14.5. The number of nitrogens with zero attached hydrogens (tertiary/aromatic N) is 1. The molecule has 1 aromatic heterocycles. The van der Waals surface area contributed by atoms with Crippen LogP contribution in [0.3, 0.4) is 0 Å². The largest absolute Gasteiger partial charge is 0.486 e. The average molecular weight is 431 g/mol. The smallest absolute Gasteiger partial charge is 0.251 e. The number of amides is 1. The van der Waals surface area contributed by atoms with Crippen molar-refractivity contribution in [1.82, 2.24) is 10.5 Å². The first-order chi connectivity index (χ1) is 11.5. The van der Waals surface area contributed by atoms with Crippen molar-refractivity contribution in [3.8, 4) is 5.75 Å². The highest BCUT2D eigenvalue weighted by molar-refractivity contribution is 9.10. The van der Waals surface area contributed by atoms with Gasteiger partial charge in [-0.25, -0.2) is 0 Å². The lowest BCUT2D eigenvalue weighted by molar-refractivity contribution is 0.0950. The summed E-state index contributed by atoms with van der Waals surface area (Å²) in [5, 5.41) is 6.75. The van der Waals surface area contributed by atoms with Gasteiger partial charge in [-0.3, -0.25) is 4.79 Å². The van der Waals surface area contributed by atoms with Gasteiger partial charge in [0, 0.05) is 24.2 Å². The minimum atomic E-state index is -0.134. The second kappa shape index (κ2) is 8.69. The molecule has 6 nitrogen and oxygen atoms in total. The van der Waals surface area contributed by atoms with Gasteiger partial charge in [0.1, 0.15) is 23.8 Å². The number of ether oxygens (including phenoxy) is 1. The summed E-state index contributed by atoms with van der Waals surface area (Å²) in [6.45, 7) is 2.64.